The van der Waals surface area contributed by atoms with Gasteiger partial charge in [-0.15, -0.1) is 5.10 Å². The van der Waals surface area contributed by atoms with Crippen molar-refractivity contribution in [2.45, 2.75) is 19.5 Å². The molecule has 0 fully saturated rings. The number of aliphatic carboxylic acids is 1. The SMILES string of the molecule is O=C(O)Cn1cc(CNC(=O)NCCc2ncc[nH]2)nn1. The second-order valence-corrected chi connectivity index (χ2v) is 4.20. The van der Waals surface area contributed by atoms with Crippen molar-refractivity contribution in [3.63, 3.8) is 0 Å². The first kappa shape index (κ1) is 14.5. The molecule has 0 aromatic carbocycles. The van der Waals surface area contributed by atoms with Crippen LogP contribution in [0.1, 0.15) is 11.5 Å². The molecule has 0 radical (unpaired) electrons. The molecule has 2 aromatic rings. The molecule has 112 valence electrons. The zero-order valence-electron chi connectivity index (χ0n) is 11.1. The molecular formula is C11H15N7O3. The quantitative estimate of drug-likeness (QED) is 0.523. The van der Waals surface area contributed by atoms with Crippen molar-refractivity contribution in [1.82, 2.24) is 35.6 Å². The molecule has 4 N–H and O–H groups in total. The Hall–Kier alpha value is -2.91. The van der Waals surface area contributed by atoms with Gasteiger partial charge in [-0.25, -0.2) is 14.5 Å². The summed E-state index contributed by atoms with van der Waals surface area (Å²) in [6.45, 7) is 0.361. The van der Waals surface area contributed by atoms with Crippen LogP contribution in [0.2, 0.25) is 0 Å². The minimum Gasteiger partial charge on any atom is -0.480 e. The molecule has 0 atom stereocenters. The van der Waals surface area contributed by atoms with Crippen LogP contribution in [0.4, 0.5) is 4.79 Å². The molecule has 0 aliphatic carbocycles. The Balaban J connectivity index is 1.66. The van der Waals surface area contributed by atoms with Crippen molar-refractivity contribution in [3.8, 4) is 0 Å². The maximum atomic E-state index is 11.5. The molecule has 0 bridgehead atoms. The number of amides is 2. The van der Waals surface area contributed by atoms with Crippen molar-refractivity contribution < 1.29 is 14.7 Å². The number of carboxylic acid groups (broad SMARTS) is 1. The number of rotatable bonds is 7. The fourth-order valence-electron chi connectivity index (χ4n) is 1.60. The molecule has 2 heterocycles. The first-order valence-electron chi connectivity index (χ1n) is 6.24. The van der Waals surface area contributed by atoms with Gasteiger partial charge in [-0.3, -0.25) is 4.79 Å². The smallest absolute Gasteiger partial charge is 0.325 e. The van der Waals surface area contributed by atoms with Gasteiger partial charge in [0, 0.05) is 25.4 Å². The number of hydrogen-bond acceptors (Lipinski definition) is 5. The van der Waals surface area contributed by atoms with Gasteiger partial charge in [0.1, 0.15) is 18.1 Å². The van der Waals surface area contributed by atoms with E-state index < -0.39 is 5.97 Å². The molecule has 10 nitrogen and oxygen atoms in total. The van der Waals surface area contributed by atoms with Gasteiger partial charge in [-0.05, 0) is 0 Å². The fourth-order valence-corrected chi connectivity index (χ4v) is 1.60. The van der Waals surface area contributed by atoms with Gasteiger partial charge in [-0.1, -0.05) is 5.21 Å². The van der Waals surface area contributed by atoms with E-state index in [0.717, 1.165) is 5.82 Å². The Labute approximate surface area is 119 Å². The van der Waals surface area contributed by atoms with E-state index in [1.54, 1.807) is 12.4 Å². The minimum atomic E-state index is -1.00. The molecule has 0 unspecified atom stereocenters. The second-order valence-electron chi connectivity index (χ2n) is 4.20. The Kier molecular flexibility index (Phi) is 4.85. The van der Waals surface area contributed by atoms with Gasteiger partial charge in [0.15, 0.2) is 0 Å². The molecule has 0 spiro atoms. The van der Waals surface area contributed by atoms with Crippen LogP contribution in [-0.2, 0) is 24.3 Å². The third-order valence-electron chi connectivity index (χ3n) is 2.52. The largest absolute Gasteiger partial charge is 0.480 e. The third kappa shape index (κ3) is 4.93. The van der Waals surface area contributed by atoms with Gasteiger partial charge >= 0.3 is 12.0 Å². The maximum Gasteiger partial charge on any atom is 0.325 e. The summed E-state index contributed by atoms with van der Waals surface area (Å²) in [5.41, 5.74) is 0.484. The lowest BCUT2D eigenvalue weighted by Gasteiger charge is -2.05. The van der Waals surface area contributed by atoms with E-state index in [9.17, 15) is 9.59 Å². The van der Waals surface area contributed by atoms with Crippen LogP contribution in [0.3, 0.4) is 0 Å². The zero-order chi connectivity index (χ0) is 15.1. The topological polar surface area (TPSA) is 138 Å². The molecule has 21 heavy (non-hydrogen) atoms. The summed E-state index contributed by atoms with van der Waals surface area (Å²) >= 11 is 0. The summed E-state index contributed by atoms with van der Waals surface area (Å²) in [4.78, 5) is 29.0. The highest BCUT2D eigenvalue weighted by molar-refractivity contribution is 5.73. The standard InChI is InChI=1S/C11H15N7O3/c19-10(20)7-18-6-8(16-17-18)5-15-11(21)14-2-1-9-12-3-4-13-9/h3-4,6H,1-2,5,7H2,(H,12,13)(H,19,20)(H2,14,15,21). The van der Waals surface area contributed by atoms with Crippen LogP contribution in [0, 0.1) is 0 Å². The lowest BCUT2D eigenvalue weighted by atomic mass is 10.4. The van der Waals surface area contributed by atoms with E-state index in [-0.39, 0.29) is 19.1 Å². The first-order valence-corrected chi connectivity index (χ1v) is 6.24. The van der Waals surface area contributed by atoms with Gasteiger partial charge < -0.3 is 20.7 Å². The average molecular weight is 293 g/mol. The van der Waals surface area contributed by atoms with Crippen molar-refractivity contribution in [3.05, 3.63) is 30.1 Å². The monoisotopic (exact) mass is 293 g/mol. The summed E-state index contributed by atoms with van der Waals surface area (Å²) in [6, 6.07) is -0.339. The molecule has 0 aliphatic heterocycles. The summed E-state index contributed by atoms with van der Waals surface area (Å²) < 4.78 is 1.19. The number of aromatic nitrogens is 5. The van der Waals surface area contributed by atoms with E-state index in [2.05, 4.69) is 30.9 Å². The maximum absolute atomic E-state index is 11.5. The molecule has 0 saturated carbocycles. The van der Waals surface area contributed by atoms with Crippen LogP contribution in [0.5, 0.6) is 0 Å². The second kappa shape index (κ2) is 7.03. The van der Waals surface area contributed by atoms with Crippen LogP contribution in [0.25, 0.3) is 0 Å². The zero-order valence-corrected chi connectivity index (χ0v) is 11.1. The van der Waals surface area contributed by atoms with E-state index in [0.29, 0.717) is 18.7 Å². The van der Waals surface area contributed by atoms with Gasteiger partial charge in [0.25, 0.3) is 0 Å². The number of hydrogen-bond donors (Lipinski definition) is 4. The molecule has 2 aromatic heterocycles. The third-order valence-corrected chi connectivity index (χ3v) is 2.52. The van der Waals surface area contributed by atoms with E-state index in [1.807, 2.05) is 0 Å². The highest BCUT2D eigenvalue weighted by Crippen LogP contribution is 1.93. The number of carbonyl (C=O) groups excluding carboxylic acids is 1. The number of carbonyl (C=O) groups is 2. The van der Waals surface area contributed by atoms with E-state index >= 15 is 0 Å². The minimum absolute atomic E-state index is 0.173. The van der Waals surface area contributed by atoms with Crippen molar-refractivity contribution in [2.75, 3.05) is 6.54 Å². The summed E-state index contributed by atoms with van der Waals surface area (Å²) in [5.74, 6) is -0.206. The summed E-state index contributed by atoms with van der Waals surface area (Å²) in [6.07, 6.45) is 5.44. The number of aromatic amines is 1. The molecule has 0 aliphatic rings. The first-order chi connectivity index (χ1) is 10.1. The lowest BCUT2D eigenvalue weighted by Crippen LogP contribution is -2.36. The van der Waals surface area contributed by atoms with Crippen LogP contribution in [-0.4, -0.2) is 48.6 Å². The number of imidazole rings is 1. The number of nitrogens with zero attached hydrogens (tertiary/aromatic N) is 4. The van der Waals surface area contributed by atoms with Gasteiger partial charge in [-0.2, -0.15) is 0 Å². The van der Waals surface area contributed by atoms with Crippen molar-refractivity contribution in [2.24, 2.45) is 0 Å². The molecule has 10 heteroatoms. The fraction of sp³-hybridized carbons (Fsp3) is 0.364. The van der Waals surface area contributed by atoms with Gasteiger partial charge in [0.05, 0.1) is 12.7 Å². The Bertz CT molecular complexity index is 593. The highest BCUT2D eigenvalue weighted by Gasteiger charge is 2.06. The number of urea groups is 1. The van der Waals surface area contributed by atoms with Gasteiger partial charge in [0.2, 0.25) is 0 Å². The normalized spacial score (nSPS) is 10.3. The summed E-state index contributed by atoms with van der Waals surface area (Å²) in [5, 5.41) is 21.3. The van der Waals surface area contributed by atoms with E-state index in [1.165, 1.54) is 10.9 Å². The van der Waals surface area contributed by atoms with Crippen molar-refractivity contribution >= 4 is 12.0 Å². The Morgan fingerprint density at radius 3 is 2.95 bits per heavy atom. The van der Waals surface area contributed by atoms with Crippen LogP contribution >= 0.6 is 0 Å². The van der Waals surface area contributed by atoms with Crippen LogP contribution in [0.15, 0.2) is 18.6 Å². The number of H-pyrrole nitrogens is 1. The molecule has 2 rings (SSSR count). The summed E-state index contributed by atoms with van der Waals surface area (Å²) in [7, 11) is 0. The highest BCUT2D eigenvalue weighted by atomic mass is 16.4. The predicted octanol–water partition coefficient (Wildman–Crippen LogP) is -0.872. The molecule has 2 amide bonds. The number of carboxylic acids is 1. The number of nitrogens with one attached hydrogen (secondary N) is 3. The average Bonchev–Trinajstić information content (AvgIpc) is 3.07. The van der Waals surface area contributed by atoms with Crippen LogP contribution < -0.4 is 10.6 Å². The predicted molar refractivity (Wildman–Crippen MR) is 70.2 cm³/mol. The Morgan fingerprint density at radius 2 is 2.24 bits per heavy atom. The van der Waals surface area contributed by atoms with E-state index in [4.69, 9.17) is 5.11 Å². The molecule has 0 saturated heterocycles. The Morgan fingerprint density at radius 1 is 1.38 bits per heavy atom. The lowest BCUT2D eigenvalue weighted by molar-refractivity contribution is -0.137. The van der Waals surface area contributed by atoms with Crippen molar-refractivity contribution in [1.29, 1.82) is 0 Å². The molecular weight excluding hydrogens is 278 g/mol.